The summed E-state index contributed by atoms with van der Waals surface area (Å²) in [6.45, 7) is 0. The quantitative estimate of drug-likeness (QED) is 0.911. The first-order chi connectivity index (χ1) is 10.0. The number of pyridine rings is 1. The third-order valence-corrected chi connectivity index (χ3v) is 5.05. The van der Waals surface area contributed by atoms with Crippen LogP contribution in [0.3, 0.4) is 0 Å². The van der Waals surface area contributed by atoms with Crippen LogP contribution in [-0.4, -0.2) is 13.4 Å². The molecule has 0 amide bonds. The van der Waals surface area contributed by atoms with E-state index in [9.17, 15) is 8.42 Å². The third-order valence-electron chi connectivity index (χ3n) is 3.67. The highest BCUT2D eigenvalue weighted by atomic mass is 32.2. The van der Waals surface area contributed by atoms with Gasteiger partial charge in [0.1, 0.15) is 5.82 Å². The summed E-state index contributed by atoms with van der Waals surface area (Å²) in [6.07, 6.45) is 5.68. The number of nitrogens with two attached hydrogens (primary N) is 1. The van der Waals surface area contributed by atoms with Gasteiger partial charge in [-0.1, -0.05) is 6.07 Å². The maximum Gasteiger partial charge on any atom is 0.261 e. The zero-order chi connectivity index (χ0) is 14.9. The molecule has 6 heteroatoms. The molecule has 3 rings (SSSR count). The Bertz CT molecular complexity index is 755. The molecule has 21 heavy (non-hydrogen) atoms. The van der Waals surface area contributed by atoms with Crippen LogP contribution in [0.4, 0.5) is 11.5 Å². The van der Waals surface area contributed by atoms with Gasteiger partial charge < -0.3 is 5.73 Å². The fourth-order valence-electron chi connectivity index (χ4n) is 2.56. The molecule has 1 aliphatic carbocycles. The van der Waals surface area contributed by atoms with Crippen LogP contribution in [0.1, 0.15) is 24.0 Å². The molecule has 1 heterocycles. The van der Waals surface area contributed by atoms with Gasteiger partial charge in [0, 0.05) is 0 Å². The number of nitrogens with zero attached hydrogens (tertiary/aromatic N) is 1. The second-order valence-electron chi connectivity index (χ2n) is 5.21. The molecule has 0 fully saturated rings. The van der Waals surface area contributed by atoms with E-state index in [4.69, 9.17) is 5.73 Å². The van der Waals surface area contributed by atoms with Crippen LogP contribution in [0.25, 0.3) is 0 Å². The SMILES string of the molecule is Nc1ccc(NS(=O)(=O)c2ccc3c(c2)CCCC3)cn1. The number of fused-ring (bicyclic) bond motifs is 1. The highest BCUT2D eigenvalue weighted by Crippen LogP contribution is 2.25. The Morgan fingerprint density at radius 2 is 1.81 bits per heavy atom. The number of rotatable bonds is 3. The van der Waals surface area contributed by atoms with Gasteiger partial charge in [-0.05, 0) is 61.1 Å². The van der Waals surface area contributed by atoms with E-state index in [0.717, 1.165) is 24.8 Å². The smallest absolute Gasteiger partial charge is 0.261 e. The predicted molar refractivity (Wildman–Crippen MR) is 82.5 cm³/mol. The fraction of sp³-hybridized carbons (Fsp3) is 0.267. The van der Waals surface area contributed by atoms with Crippen molar-refractivity contribution in [3.63, 3.8) is 0 Å². The minimum Gasteiger partial charge on any atom is -0.384 e. The summed E-state index contributed by atoms with van der Waals surface area (Å²) in [6, 6.07) is 8.52. The van der Waals surface area contributed by atoms with E-state index in [1.165, 1.54) is 18.2 Å². The van der Waals surface area contributed by atoms with E-state index in [2.05, 4.69) is 9.71 Å². The number of nitrogen functional groups attached to an aromatic ring is 1. The van der Waals surface area contributed by atoms with Gasteiger partial charge in [0.25, 0.3) is 10.0 Å². The molecule has 0 spiro atoms. The Labute approximate surface area is 124 Å². The van der Waals surface area contributed by atoms with Gasteiger partial charge in [-0.3, -0.25) is 4.72 Å². The molecule has 1 aliphatic rings. The maximum atomic E-state index is 12.4. The minimum absolute atomic E-state index is 0.292. The van der Waals surface area contributed by atoms with E-state index >= 15 is 0 Å². The Hall–Kier alpha value is -2.08. The highest BCUT2D eigenvalue weighted by molar-refractivity contribution is 7.92. The lowest BCUT2D eigenvalue weighted by Gasteiger charge is -2.17. The van der Waals surface area contributed by atoms with E-state index in [-0.39, 0.29) is 0 Å². The molecule has 0 unspecified atom stereocenters. The lowest BCUT2D eigenvalue weighted by molar-refractivity contribution is 0.600. The van der Waals surface area contributed by atoms with Crippen LogP contribution in [0, 0.1) is 0 Å². The standard InChI is InChI=1S/C15H17N3O2S/c16-15-8-6-13(10-17-15)18-21(19,20)14-7-5-11-3-1-2-4-12(11)9-14/h5-10,18H,1-4H2,(H2,16,17). The van der Waals surface area contributed by atoms with Gasteiger partial charge in [0.05, 0.1) is 16.8 Å². The number of benzene rings is 1. The van der Waals surface area contributed by atoms with Crippen LogP contribution in [0.2, 0.25) is 0 Å². The summed E-state index contributed by atoms with van der Waals surface area (Å²) >= 11 is 0. The van der Waals surface area contributed by atoms with Crippen LogP contribution < -0.4 is 10.5 Å². The summed E-state index contributed by atoms with van der Waals surface area (Å²) in [5.74, 6) is 0.353. The molecule has 3 N–H and O–H groups in total. The predicted octanol–water partition coefficient (Wildman–Crippen LogP) is 2.34. The summed E-state index contributed by atoms with van der Waals surface area (Å²) in [5.41, 5.74) is 8.29. The first kappa shape index (κ1) is 13.9. The first-order valence-electron chi connectivity index (χ1n) is 6.91. The van der Waals surface area contributed by atoms with Crippen LogP contribution in [0.5, 0.6) is 0 Å². The van der Waals surface area contributed by atoms with Crippen molar-refractivity contribution in [2.75, 3.05) is 10.5 Å². The van der Waals surface area contributed by atoms with Crippen molar-refractivity contribution in [2.24, 2.45) is 0 Å². The summed E-state index contributed by atoms with van der Waals surface area (Å²) in [4.78, 5) is 4.17. The van der Waals surface area contributed by atoms with Crippen LogP contribution in [-0.2, 0) is 22.9 Å². The van der Waals surface area contributed by atoms with Gasteiger partial charge in [-0.25, -0.2) is 13.4 Å². The highest BCUT2D eigenvalue weighted by Gasteiger charge is 2.17. The molecule has 1 aromatic carbocycles. The van der Waals surface area contributed by atoms with E-state index in [1.807, 2.05) is 6.07 Å². The Morgan fingerprint density at radius 1 is 1.05 bits per heavy atom. The number of aryl methyl sites for hydroxylation is 2. The van der Waals surface area contributed by atoms with Crippen molar-refractivity contribution in [2.45, 2.75) is 30.6 Å². The molecular weight excluding hydrogens is 286 g/mol. The van der Waals surface area contributed by atoms with E-state index < -0.39 is 10.0 Å². The normalized spacial score (nSPS) is 14.5. The first-order valence-corrected chi connectivity index (χ1v) is 8.39. The third kappa shape index (κ3) is 3.00. The topological polar surface area (TPSA) is 85.1 Å². The Morgan fingerprint density at radius 3 is 2.52 bits per heavy atom. The molecule has 0 aliphatic heterocycles. The van der Waals surface area contributed by atoms with E-state index in [0.29, 0.717) is 16.4 Å². The lowest BCUT2D eigenvalue weighted by Crippen LogP contribution is -2.14. The van der Waals surface area contributed by atoms with Gasteiger partial charge in [0.15, 0.2) is 0 Å². The van der Waals surface area contributed by atoms with Crippen molar-refractivity contribution < 1.29 is 8.42 Å². The molecular formula is C15H17N3O2S. The lowest BCUT2D eigenvalue weighted by atomic mass is 9.92. The van der Waals surface area contributed by atoms with Crippen molar-refractivity contribution in [1.29, 1.82) is 0 Å². The van der Waals surface area contributed by atoms with Crippen molar-refractivity contribution in [1.82, 2.24) is 4.98 Å². The molecule has 0 bridgehead atoms. The second kappa shape index (κ2) is 5.37. The number of sulfonamides is 1. The summed E-state index contributed by atoms with van der Waals surface area (Å²) < 4.78 is 27.3. The molecule has 0 saturated carbocycles. The fourth-order valence-corrected chi connectivity index (χ4v) is 3.65. The number of nitrogens with one attached hydrogen (secondary N) is 1. The average molecular weight is 303 g/mol. The maximum absolute atomic E-state index is 12.4. The van der Waals surface area contributed by atoms with Gasteiger partial charge in [-0.2, -0.15) is 0 Å². The van der Waals surface area contributed by atoms with Gasteiger partial charge >= 0.3 is 0 Å². The molecule has 0 radical (unpaired) electrons. The Kier molecular flexibility index (Phi) is 3.55. The summed E-state index contributed by atoms with van der Waals surface area (Å²) in [7, 11) is -3.59. The molecule has 110 valence electrons. The molecule has 2 aromatic rings. The number of aromatic nitrogens is 1. The van der Waals surface area contributed by atoms with Crippen molar-refractivity contribution in [3.05, 3.63) is 47.7 Å². The number of hydrogen-bond donors (Lipinski definition) is 2. The molecule has 0 atom stereocenters. The molecule has 1 aromatic heterocycles. The average Bonchev–Trinajstić information content (AvgIpc) is 2.49. The number of anilines is 2. The minimum atomic E-state index is -3.59. The largest absolute Gasteiger partial charge is 0.384 e. The van der Waals surface area contributed by atoms with Gasteiger partial charge in [0.2, 0.25) is 0 Å². The van der Waals surface area contributed by atoms with Crippen LogP contribution >= 0.6 is 0 Å². The monoisotopic (exact) mass is 303 g/mol. The second-order valence-corrected chi connectivity index (χ2v) is 6.90. The number of hydrogen-bond acceptors (Lipinski definition) is 4. The van der Waals surface area contributed by atoms with Crippen LogP contribution in [0.15, 0.2) is 41.4 Å². The zero-order valence-corrected chi connectivity index (χ0v) is 12.4. The Balaban J connectivity index is 1.89. The zero-order valence-electron chi connectivity index (χ0n) is 11.5. The van der Waals surface area contributed by atoms with Gasteiger partial charge in [-0.15, -0.1) is 0 Å². The van der Waals surface area contributed by atoms with E-state index in [1.54, 1.807) is 24.3 Å². The van der Waals surface area contributed by atoms with Crippen molar-refractivity contribution >= 4 is 21.5 Å². The molecule has 0 saturated heterocycles. The van der Waals surface area contributed by atoms with Crippen molar-refractivity contribution in [3.8, 4) is 0 Å². The molecule has 5 nitrogen and oxygen atoms in total. The summed E-state index contributed by atoms with van der Waals surface area (Å²) in [5, 5.41) is 0.